The number of carbonyl (C=O) groups excluding carboxylic acids is 1. The van der Waals surface area contributed by atoms with Crippen molar-refractivity contribution in [3.8, 4) is 0 Å². The van der Waals surface area contributed by atoms with E-state index in [9.17, 15) is 4.79 Å². The zero-order chi connectivity index (χ0) is 7.40. The Morgan fingerprint density at radius 2 is 2.60 bits per heavy atom. The largest absolute Gasteiger partial charge is 0.303 e. The lowest BCUT2D eigenvalue weighted by Gasteiger charge is -1.84. The van der Waals surface area contributed by atoms with Crippen molar-refractivity contribution in [2.45, 2.75) is 12.8 Å². The number of hydrogen-bond acceptors (Lipinski definition) is 3. The smallest absolute Gasteiger partial charge is 0.140 e. The van der Waals surface area contributed by atoms with Crippen LogP contribution in [0.15, 0.2) is 5.38 Å². The minimum Gasteiger partial charge on any atom is -0.303 e. The Bertz CT molecular complexity index is 223. The second-order valence-electron chi connectivity index (χ2n) is 1.77. The first-order chi connectivity index (χ1) is 4.83. The molecule has 0 amide bonds. The lowest BCUT2D eigenvalue weighted by atomic mass is 10.3. The van der Waals surface area contributed by atoms with Gasteiger partial charge in [0, 0.05) is 18.2 Å². The number of aryl methyl sites for hydroxylation is 1. The van der Waals surface area contributed by atoms with Gasteiger partial charge in [0.1, 0.15) is 11.4 Å². The van der Waals surface area contributed by atoms with E-state index in [1.165, 1.54) is 11.3 Å². The van der Waals surface area contributed by atoms with E-state index in [0.29, 0.717) is 18.0 Å². The fraction of sp³-hybridized carbons (Fsp3) is 0.333. The van der Waals surface area contributed by atoms with E-state index in [-0.39, 0.29) is 0 Å². The predicted molar refractivity (Wildman–Crippen MR) is 41.5 cm³/mol. The van der Waals surface area contributed by atoms with Crippen LogP contribution in [0.1, 0.15) is 11.4 Å². The van der Waals surface area contributed by atoms with Gasteiger partial charge in [0.15, 0.2) is 0 Å². The summed E-state index contributed by atoms with van der Waals surface area (Å²) < 4.78 is 0. The van der Waals surface area contributed by atoms with Crippen LogP contribution in [0.5, 0.6) is 0 Å². The lowest BCUT2D eigenvalue weighted by molar-refractivity contribution is -0.107. The van der Waals surface area contributed by atoms with E-state index in [4.69, 9.17) is 11.6 Å². The van der Waals surface area contributed by atoms with Gasteiger partial charge in [-0.05, 0) is 0 Å². The minimum absolute atomic E-state index is 0.519. The maximum atomic E-state index is 9.93. The Morgan fingerprint density at radius 3 is 3.10 bits per heavy atom. The Labute approximate surface area is 67.9 Å². The Morgan fingerprint density at radius 1 is 1.80 bits per heavy atom. The summed E-state index contributed by atoms with van der Waals surface area (Å²) in [7, 11) is 0. The van der Waals surface area contributed by atoms with Crippen molar-refractivity contribution < 1.29 is 4.79 Å². The lowest BCUT2D eigenvalue weighted by Crippen LogP contribution is -1.83. The van der Waals surface area contributed by atoms with Crippen molar-refractivity contribution in [2.24, 2.45) is 0 Å². The van der Waals surface area contributed by atoms with Gasteiger partial charge in [0.25, 0.3) is 0 Å². The fourth-order valence-corrected chi connectivity index (χ4v) is 1.54. The quantitative estimate of drug-likeness (QED) is 0.658. The standard InChI is InChI=1S/C6H6ClNOS/c7-5-4-10-6(8-5)2-1-3-9/h3-4H,1-2H2. The Kier molecular flexibility index (Phi) is 2.83. The third kappa shape index (κ3) is 2.08. The zero-order valence-corrected chi connectivity index (χ0v) is 6.78. The molecule has 10 heavy (non-hydrogen) atoms. The molecule has 0 fully saturated rings. The molecule has 0 unspecified atom stereocenters. The molecule has 1 heterocycles. The van der Waals surface area contributed by atoms with E-state index in [2.05, 4.69) is 4.98 Å². The van der Waals surface area contributed by atoms with Crippen LogP contribution in [0.4, 0.5) is 0 Å². The average molecular weight is 176 g/mol. The molecule has 0 saturated carbocycles. The molecule has 0 aliphatic carbocycles. The molecule has 0 saturated heterocycles. The maximum absolute atomic E-state index is 9.93. The van der Waals surface area contributed by atoms with Crippen LogP contribution in [0.3, 0.4) is 0 Å². The third-order valence-electron chi connectivity index (χ3n) is 1.000. The number of carbonyl (C=O) groups is 1. The molecule has 0 spiro atoms. The average Bonchev–Trinajstić information content (AvgIpc) is 2.31. The van der Waals surface area contributed by atoms with Gasteiger partial charge in [-0.2, -0.15) is 0 Å². The Balaban J connectivity index is 2.49. The molecule has 1 aromatic heterocycles. The highest BCUT2D eigenvalue weighted by Gasteiger charge is 1.97. The first-order valence-corrected chi connectivity index (χ1v) is 4.12. The van der Waals surface area contributed by atoms with E-state index >= 15 is 0 Å². The Hall–Kier alpha value is -0.410. The summed E-state index contributed by atoms with van der Waals surface area (Å²) in [6.07, 6.45) is 2.13. The van der Waals surface area contributed by atoms with Gasteiger partial charge in [-0.15, -0.1) is 11.3 Å². The van der Waals surface area contributed by atoms with Crippen molar-refractivity contribution in [1.29, 1.82) is 0 Å². The van der Waals surface area contributed by atoms with Crippen LogP contribution in [-0.2, 0) is 11.2 Å². The van der Waals surface area contributed by atoms with E-state index in [1.54, 1.807) is 5.38 Å². The van der Waals surface area contributed by atoms with Gasteiger partial charge in [0.05, 0.1) is 5.01 Å². The van der Waals surface area contributed by atoms with Crippen molar-refractivity contribution in [1.82, 2.24) is 4.98 Å². The van der Waals surface area contributed by atoms with E-state index in [1.807, 2.05) is 0 Å². The van der Waals surface area contributed by atoms with E-state index < -0.39 is 0 Å². The summed E-state index contributed by atoms with van der Waals surface area (Å²) in [5.74, 6) is 0. The summed E-state index contributed by atoms with van der Waals surface area (Å²) in [5.41, 5.74) is 0. The molecular formula is C6H6ClNOS. The van der Waals surface area contributed by atoms with Gasteiger partial charge in [0.2, 0.25) is 0 Å². The zero-order valence-electron chi connectivity index (χ0n) is 5.21. The number of hydrogen-bond donors (Lipinski definition) is 0. The minimum atomic E-state index is 0.519. The van der Waals surface area contributed by atoms with Crippen molar-refractivity contribution in [3.05, 3.63) is 15.5 Å². The monoisotopic (exact) mass is 175 g/mol. The van der Waals surface area contributed by atoms with Crippen LogP contribution in [0, 0.1) is 0 Å². The fourth-order valence-electron chi connectivity index (χ4n) is 0.586. The third-order valence-corrected chi connectivity index (χ3v) is 2.23. The van der Waals surface area contributed by atoms with Crippen LogP contribution < -0.4 is 0 Å². The summed E-state index contributed by atoms with van der Waals surface area (Å²) in [6, 6.07) is 0. The van der Waals surface area contributed by atoms with Crippen LogP contribution >= 0.6 is 22.9 Å². The highest BCUT2D eigenvalue weighted by Crippen LogP contribution is 2.14. The van der Waals surface area contributed by atoms with Gasteiger partial charge < -0.3 is 4.79 Å². The molecule has 0 bridgehead atoms. The van der Waals surface area contributed by atoms with Gasteiger partial charge in [-0.25, -0.2) is 4.98 Å². The molecular weight excluding hydrogens is 170 g/mol. The molecule has 4 heteroatoms. The van der Waals surface area contributed by atoms with E-state index in [0.717, 1.165) is 11.3 Å². The number of halogens is 1. The normalized spacial score (nSPS) is 9.70. The first kappa shape index (κ1) is 7.69. The second-order valence-corrected chi connectivity index (χ2v) is 3.10. The van der Waals surface area contributed by atoms with Crippen LogP contribution in [0.2, 0.25) is 5.15 Å². The van der Waals surface area contributed by atoms with Crippen LogP contribution in [-0.4, -0.2) is 11.3 Å². The van der Waals surface area contributed by atoms with Crippen molar-refractivity contribution in [3.63, 3.8) is 0 Å². The molecule has 0 N–H and O–H groups in total. The highest BCUT2D eigenvalue weighted by atomic mass is 35.5. The number of aldehydes is 1. The molecule has 0 aliphatic heterocycles. The molecule has 1 aromatic rings. The highest BCUT2D eigenvalue weighted by molar-refractivity contribution is 7.10. The van der Waals surface area contributed by atoms with Crippen molar-refractivity contribution in [2.75, 3.05) is 0 Å². The van der Waals surface area contributed by atoms with Crippen LogP contribution in [0.25, 0.3) is 0 Å². The molecule has 0 radical (unpaired) electrons. The molecule has 1 rings (SSSR count). The summed E-state index contributed by atoms with van der Waals surface area (Å²) in [5, 5.41) is 3.21. The summed E-state index contributed by atoms with van der Waals surface area (Å²) in [6.45, 7) is 0. The molecule has 0 aliphatic rings. The van der Waals surface area contributed by atoms with Crippen molar-refractivity contribution >= 4 is 29.2 Å². The SMILES string of the molecule is O=CCCc1nc(Cl)cs1. The topological polar surface area (TPSA) is 30.0 Å². The number of aromatic nitrogens is 1. The molecule has 2 nitrogen and oxygen atoms in total. The number of nitrogens with zero attached hydrogens (tertiary/aromatic N) is 1. The molecule has 0 atom stereocenters. The molecule has 54 valence electrons. The van der Waals surface area contributed by atoms with Gasteiger partial charge in [-0.1, -0.05) is 11.6 Å². The summed E-state index contributed by atoms with van der Waals surface area (Å²) in [4.78, 5) is 13.9. The predicted octanol–water partition coefficient (Wildman–Crippen LogP) is 1.93. The number of thiazole rings is 1. The molecule has 0 aromatic carbocycles. The maximum Gasteiger partial charge on any atom is 0.140 e. The first-order valence-electron chi connectivity index (χ1n) is 2.86. The summed E-state index contributed by atoms with van der Waals surface area (Å²) >= 11 is 7.04. The second kappa shape index (κ2) is 3.68. The number of rotatable bonds is 3. The van der Waals surface area contributed by atoms with Gasteiger partial charge in [-0.3, -0.25) is 0 Å². The van der Waals surface area contributed by atoms with Gasteiger partial charge >= 0.3 is 0 Å².